The highest BCUT2D eigenvalue weighted by molar-refractivity contribution is 5.45. The highest BCUT2D eigenvalue weighted by Crippen LogP contribution is 2.44. The summed E-state index contributed by atoms with van der Waals surface area (Å²) in [5.41, 5.74) is 0.219. The lowest BCUT2D eigenvalue weighted by atomic mass is 9.85. The third-order valence-corrected chi connectivity index (χ3v) is 4.74. The van der Waals surface area contributed by atoms with Crippen LogP contribution >= 0.6 is 0 Å². The molecule has 2 unspecified atom stereocenters. The van der Waals surface area contributed by atoms with Gasteiger partial charge in [-0.3, -0.25) is 4.90 Å². The molecule has 0 spiro atoms. The average Bonchev–Trinajstić information content (AvgIpc) is 3.06. The van der Waals surface area contributed by atoms with Crippen LogP contribution in [0.5, 0.6) is 11.5 Å². The van der Waals surface area contributed by atoms with E-state index in [9.17, 15) is 5.11 Å². The Morgan fingerprint density at radius 2 is 1.95 bits per heavy atom. The maximum absolute atomic E-state index is 11.2. The van der Waals surface area contributed by atoms with Crippen LogP contribution in [0.2, 0.25) is 0 Å². The normalized spacial score (nSPS) is 28.6. The fraction of sp³-hybridized carbons (Fsp3) is 0.647. The SMILES string of the molecule is CCOc1ccc(C2(O)CCN3CCCC32)cc1OCC. The van der Waals surface area contributed by atoms with Gasteiger partial charge in [-0.2, -0.15) is 0 Å². The Labute approximate surface area is 126 Å². The number of hydrogen-bond donors (Lipinski definition) is 1. The van der Waals surface area contributed by atoms with Crippen molar-refractivity contribution in [1.82, 2.24) is 4.90 Å². The summed E-state index contributed by atoms with van der Waals surface area (Å²) >= 11 is 0. The van der Waals surface area contributed by atoms with Crippen LogP contribution in [0.15, 0.2) is 18.2 Å². The first-order valence-electron chi connectivity index (χ1n) is 8.05. The van der Waals surface area contributed by atoms with Crippen LogP contribution in [0.1, 0.15) is 38.7 Å². The molecule has 2 heterocycles. The second-order valence-corrected chi connectivity index (χ2v) is 5.90. The molecule has 2 fully saturated rings. The van der Waals surface area contributed by atoms with Gasteiger partial charge in [0.05, 0.1) is 13.2 Å². The molecule has 1 N–H and O–H groups in total. The minimum atomic E-state index is -0.743. The van der Waals surface area contributed by atoms with E-state index in [1.807, 2.05) is 32.0 Å². The van der Waals surface area contributed by atoms with E-state index in [1.54, 1.807) is 0 Å². The molecule has 2 atom stereocenters. The average molecular weight is 291 g/mol. The van der Waals surface area contributed by atoms with Gasteiger partial charge in [0.2, 0.25) is 0 Å². The molecule has 1 aromatic rings. The van der Waals surface area contributed by atoms with Crippen molar-refractivity contribution in [3.63, 3.8) is 0 Å². The zero-order valence-corrected chi connectivity index (χ0v) is 13.0. The Kier molecular flexibility index (Phi) is 4.09. The first-order valence-corrected chi connectivity index (χ1v) is 8.05. The monoisotopic (exact) mass is 291 g/mol. The molecule has 0 radical (unpaired) electrons. The molecular weight excluding hydrogens is 266 g/mol. The molecule has 116 valence electrons. The molecule has 2 aliphatic rings. The largest absolute Gasteiger partial charge is 0.490 e. The van der Waals surface area contributed by atoms with Crippen LogP contribution in [0.3, 0.4) is 0 Å². The second kappa shape index (κ2) is 5.85. The molecular formula is C17H25NO3. The van der Waals surface area contributed by atoms with Crippen molar-refractivity contribution in [2.24, 2.45) is 0 Å². The van der Waals surface area contributed by atoms with Crippen molar-refractivity contribution >= 4 is 0 Å². The van der Waals surface area contributed by atoms with Gasteiger partial charge in [0.25, 0.3) is 0 Å². The molecule has 0 aromatic heterocycles. The van der Waals surface area contributed by atoms with Gasteiger partial charge < -0.3 is 14.6 Å². The van der Waals surface area contributed by atoms with Crippen molar-refractivity contribution in [3.05, 3.63) is 23.8 Å². The van der Waals surface area contributed by atoms with Gasteiger partial charge in [-0.25, -0.2) is 0 Å². The Bertz CT molecular complexity index is 505. The fourth-order valence-corrected chi connectivity index (χ4v) is 3.77. The maximum atomic E-state index is 11.2. The highest BCUT2D eigenvalue weighted by atomic mass is 16.5. The quantitative estimate of drug-likeness (QED) is 0.905. The highest BCUT2D eigenvalue weighted by Gasteiger charge is 2.49. The van der Waals surface area contributed by atoms with Gasteiger partial charge >= 0.3 is 0 Å². The summed E-state index contributed by atoms with van der Waals surface area (Å²) in [6.07, 6.45) is 3.06. The van der Waals surface area contributed by atoms with E-state index in [0.29, 0.717) is 13.2 Å². The molecule has 2 saturated heterocycles. The van der Waals surface area contributed by atoms with E-state index in [1.165, 1.54) is 6.42 Å². The number of aliphatic hydroxyl groups is 1. The Morgan fingerprint density at radius 1 is 1.19 bits per heavy atom. The summed E-state index contributed by atoms with van der Waals surface area (Å²) in [6, 6.07) is 6.15. The summed E-state index contributed by atoms with van der Waals surface area (Å²) in [5.74, 6) is 1.50. The molecule has 0 bridgehead atoms. The Balaban J connectivity index is 1.92. The second-order valence-electron chi connectivity index (χ2n) is 5.90. The zero-order chi connectivity index (χ0) is 14.9. The standard InChI is InChI=1S/C17H25NO3/c1-3-20-14-8-7-13(12-15(14)21-4-2)17(19)9-11-18-10-5-6-16(17)18/h7-8,12,16,19H,3-6,9-11H2,1-2H3. The molecule has 4 heteroatoms. The van der Waals surface area contributed by atoms with Crippen LogP contribution in [-0.2, 0) is 5.60 Å². The summed E-state index contributed by atoms with van der Waals surface area (Å²) in [5, 5.41) is 11.2. The van der Waals surface area contributed by atoms with Crippen molar-refractivity contribution < 1.29 is 14.6 Å². The van der Waals surface area contributed by atoms with Crippen LogP contribution in [-0.4, -0.2) is 42.4 Å². The van der Waals surface area contributed by atoms with E-state index < -0.39 is 5.60 Å². The summed E-state index contributed by atoms with van der Waals surface area (Å²) in [7, 11) is 0. The topological polar surface area (TPSA) is 41.9 Å². The van der Waals surface area contributed by atoms with E-state index in [0.717, 1.165) is 43.0 Å². The zero-order valence-electron chi connectivity index (χ0n) is 13.0. The van der Waals surface area contributed by atoms with Gasteiger partial charge in [0, 0.05) is 12.6 Å². The number of fused-ring (bicyclic) bond motifs is 1. The minimum absolute atomic E-state index is 0.255. The third kappa shape index (κ3) is 2.51. The number of benzene rings is 1. The molecule has 4 nitrogen and oxygen atoms in total. The van der Waals surface area contributed by atoms with Gasteiger partial charge in [-0.05, 0) is 57.4 Å². The molecule has 1 aromatic carbocycles. The molecule has 21 heavy (non-hydrogen) atoms. The van der Waals surface area contributed by atoms with Crippen molar-refractivity contribution in [2.45, 2.75) is 44.8 Å². The van der Waals surface area contributed by atoms with Crippen molar-refractivity contribution in [1.29, 1.82) is 0 Å². The molecule has 0 aliphatic carbocycles. The van der Waals surface area contributed by atoms with Gasteiger partial charge in [0.1, 0.15) is 5.60 Å². The lowest BCUT2D eigenvalue weighted by molar-refractivity contribution is 0.00912. The lowest BCUT2D eigenvalue weighted by Crippen LogP contribution is -2.38. The van der Waals surface area contributed by atoms with Crippen LogP contribution in [0.4, 0.5) is 0 Å². The molecule has 0 saturated carbocycles. The van der Waals surface area contributed by atoms with E-state index in [-0.39, 0.29) is 6.04 Å². The van der Waals surface area contributed by atoms with Crippen molar-refractivity contribution in [3.8, 4) is 11.5 Å². The third-order valence-electron chi connectivity index (χ3n) is 4.74. The van der Waals surface area contributed by atoms with Gasteiger partial charge in [0.15, 0.2) is 11.5 Å². The van der Waals surface area contributed by atoms with Crippen LogP contribution in [0.25, 0.3) is 0 Å². The van der Waals surface area contributed by atoms with Crippen molar-refractivity contribution in [2.75, 3.05) is 26.3 Å². The predicted molar refractivity (Wildman–Crippen MR) is 81.9 cm³/mol. The summed E-state index contributed by atoms with van der Waals surface area (Å²) < 4.78 is 11.3. The Morgan fingerprint density at radius 3 is 2.71 bits per heavy atom. The number of ether oxygens (including phenoxy) is 2. The van der Waals surface area contributed by atoms with E-state index >= 15 is 0 Å². The minimum Gasteiger partial charge on any atom is -0.490 e. The first-order chi connectivity index (χ1) is 10.2. The number of rotatable bonds is 5. The summed E-state index contributed by atoms with van der Waals surface area (Å²) in [4.78, 5) is 2.41. The molecule has 2 aliphatic heterocycles. The lowest BCUT2D eigenvalue weighted by Gasteiger charge is -2.31. The predicted octanol–water partition coefficient (Wildman–Crippen LogP) is 2.54. The maximum Gasteiger partial charge on any atom is 0.161 e. The Hall–Kier alpha value is -1.26. The number of hydrogen-bond acceptors (Lipinski definition) is 4. The molecule has 3 rings (SSSR count). The van der Waals surface area contributed by atoms with E-state index in [2.05, 4.69) is 4.90 Å². The molecule has 0 amide bonds. The van der Waals surface area contributed by atoms with Gasteiger partial charge in [-0.1, -0.05) is 6.07 Å². The van der Waals surface area contributed by atoms with E-state index in [4.69, 9.17) is 9.47 Å². The van der Waals surface area contributed by atoms with Gasteiger partial charge in [-0.15, -0.1) is 0 Å². The van der Waals surface area contributed by atoms with Crippen LogP contribution in [0, 0.1) is 0 Å². The number of nitrogens with zero attached hydrogens (tertiary/aromatic N) is 1. The fourth-order valence-electron chi connectivity index (χ4n) is 3.77. The van der Waals surface area contributed by atoms with Crippen LogP contribution < -0.4 is 9.47 Å². The summed E-state index contributed by atoms with van der Waals surface area (Å²) in [6.45, 7) is 7.23. The first kappa shape index (κ1) is 14.7. The smallest absolute Gasteiger partial charge is 0.161 e.